The average Bonchev–Trinajstić information content (AvgIpc) is 2.96. The van der Waals surface area contributed by atoms with E-state index >= 15 is 0 Å². The number of aryl methyl sites for hydroxylation is 1. The lowest BCUT2D eigenvalue weighted by molar-refractivity contribution is 0.0600. The predicted octanol–water partition coefficient (Wildman–Crippen LogP) is 3.95. The lowest BCUT2D eigenvalue weighted by Crippen LogP contribution is -2.12. The minimum absolute atomic E-state index is 0. The summed E-state index contributed by atoms with van der Waals surface area (Å²) in [6, 6.07) is 5.28. The molecule has 0 bridgehead atoms. The van der Waals surface area contributed by atoms with Crippen molar-refractivity contribution in [2.45, 2.75) is 34.2 Å². The number of benzene rings is 1. The summed E-state index contributed by atoms with van der Waals surface area (Å²) < 4.78 is 4.69. The van der Waals surface area contributed by atoms with E-state index < -0.39 is 5.97 Å². The van der Waals surface area contributed by atoms with Gasteiger partial charge in [-0.05, 0) is 38.5 Å². The summed E-state index contributed by atoms with van der Waals surface area (Å²) in [4.78, 5) is 28.6. The Morgan fingerprint density at radius 3 is 2.62 bits per heavy atom. The summed E-state index contributed by atoms with van der Waals surface area (Å²) in [6.07, 6.45) is 1.53. The van der Waals surface area contributed by atoms with Crippen molar-refractivity contribution in [1.29, 1.82) is 0 Å². The number of esters is 1. The van der Waals surface area contributed by atoms with E-state index in [1.165, 1.54) is 24.6 Å². The highest BCUT2D eigenvalue weighted by atomic mass is 32.1. The van der Waals surface area contributed by atoms with Crippen LogP contribution in [0.15, 0.2) is 24.4 Å². The molecule has 1 heterocycles. The molecule has 0 aliphatic heterocycles. The number of nitrogens with one attached hydrogen (secondary N) is 2. The van der Waals surface area contributed by atoms with Crippen molar-refractivity contribution < 1.29 is 14.3 Å². The highest BCUT2D eigenvalue weighted by Crippen LogP contribution is 2.22. The van der Waals surface area contributed by atoms with Crippen LogP contribution in [0.25, 0.3) is 0 Å². The Kier molecular flexibility index (Phi) is 6.91. The number of thiazole rings is 1. The van der Waals surface area contributed by atoms with Crippen LogP contribution in [0.1, 0.15) is 46.9 Å². The Morgan fingerprint density at radius 1 is 1.29 bits per heavy atom. The van der Waals surface area contributed by atoms with Gasteiger partial charge in [0.15, 0.2) is 5.13 Å². The number of rotatable bonds is 5. The molecule has 0 unspecified atom stereocenters. The molecule has 0 spiro atoms. The summed E-state index contributed by atoms with van der Waals surface area (Å²) in [7, 11) is 1.32. The molecule has 1 aromatic carbocycles. The van der Waals surface area contributed by atoms with E-state index in [0.29, 0.717) is 21.3 Å². The lowest BCUT2D eigenvalue weighted by Gasteiger charge is -2.09. The van der Waals surface area contributed by atoms with Crippen molar-refractivity contribution in [1.82, 2.24) is 4.98 Å². The molecule has 130 valence electrons. The number of carbonyl (C=O) groups excluding carboxylic acids is 2. The first kappa shape index (κ1) is 19.6. The van der Waals surface area contributed by atoms with Crippen LogP contribution in [-0.2, 0) is 4.74 Å². The maximum Gasteiger partial charge on any atom is 0.337 e. The number of ether oxygens (including phenoxy) is 1. The van der Waals surface area contributed by atoms with Crippen molar-refractivity contribution >= 4 is 34.0 Å². The first-order valence-corrected chi connectivity index (χ1v) is 7.95. The van der Waals surface area contributed by atoms with Gasteiger partial charge in [0.25, 0.3) is 5.91 Å². The smallest absolute Gasteiger partial charge is 0.337 e. The number of aromatic nitrogens is 1. The van der Waals surface area contributed by atoms with Crippen molar-refractivity contribution in [3.05, 3.63) is 40.4 Å². The summed E-state index contributed by atoms with van der Waals surface area (Å²) in [5.74, 6) is -0.703. The molecule has 1 amide bonds. The van der Waals surface area contributed by atoms with Gasteiger partial charge in [0, 0.05) is 11.7 Å². The third-order valence-electron chi connectivity index (χ3n) is 3.05. The van der Waals surface area contributed by atoms with Gasteiger partial charge in [-0.3, -0.25) is 4.79 Å². The highest BCUT2D eigenvalue weighted by Gasteiger charge is 2.14. The molecule has 0 aliphatic carbocycles. The number of methoxy groups -OCH3 is 1. The van der Waals surface area contributed by atoms with Gasteiger partial charge in [-0.25, -0.2) is 9.78 Å². The topological polar surface area (TPSA) is 80.3 Å². The van der Waals surface area contributed by atoms with E-state index in [1.807, 2.05) is 20.8 Å². The fraction of sp³-hybridized carbons (Fsp3) is 0.353. The molecule has 0 radical (unpaired) electrons. The van der Waals surface area contributed by atoms with E-state index in [0.717, 1.165) is 5.56 Å². The number of carbonyl (C=O) groups is 2. The lowest BCUT2D eigenvalue weighted by atomic mass is 10.1. The van der Waals surface area contributed by atoms with Crippen LogP contribution in [0, 0.1) is 6.92 Å². The van der Waals surface area contributed by atoms with Crippen LogP contribution in [-0.4, -0.2) is 30.0 Å². The van der Waals surface area contributed by atoms with E-state index in [2.05, 4.69) is 15.6 Å². The minimum atomic E-state index is -0.443. The monoisotopic (exact) mass is 349 g/mol. The first-order chi connectivity index (χ1) is 10.9. The number of nitrogens with zero attached hydrogens (tertiary/aromatic N) is 1. The highest BCUT2D eigenvalue weighted by molar-refractivity contribution is 7.17. The quantitative estimate of drug-likeness (QED) is 0.799. The maximum absolute atomic E-state index is 12.3. The van der Waals surface area contributed by atoms with Gasteiger partial charge in [-0.2, -0.15) is 0 Å². The standard InChI is InChI=1S/C16H19N3O3S.CH4/c1-9(2)18-16-17-8-13(23-16)14(20)19-12-7-11(15(21)22-4)6-5-10(12)3;/h5-9H,1-4H3,(H,17,18)(H,19,20);1H4. The minimum Gasteiger partial charge on any atom is -0.465 e. The van der Waals surface area contributed by atoms with Gasteiger partial charge >= 0.3 is 5.97 Å². The largest absolute Gasteiger partial charge is 0.465 e. The van der Waals surface area contributed by atoms with Gasteiger partial charge in [-0.15, -0.1) is 0 Å². The summed E-state index contributed by atoms with van der Waals surface area (Å²) >= 11 is 1.28. The van der Waals surface area contributed by atoms with Gasteiger partial charge in [0.05, 0.1) is 18.9 Å². The summed E-state index contributed by atoms with van der Waals surface area (Å²) in [6.45, 7) is 5.86. The van der Waals surface area contributed by atoms with Crippen molar-refractivity contribution in [3.63, 3.8) is 0 Å². The molecular formula is C17H23N3O3S. The fourth-order valence-corrected chi connectivity index (χ4v) is 2.74. The van der Waals surface area contributed by atoms with Crippen molar-refractivity contribution in [2.75, 3.05) is 17.7 Å². The van der Waals surface area contributed by atoms with E-state index in [1.54, 1.807) is 18.2 Å². The SMILES string of the molecule is C.COC(=O)c1ccc(C)c(NC(=O)c2cnc(NC(C)C)s2)c1. The second-order valence-electron chi connectivity index (χ2n) is 5.30. The van der Waals surface area contributed by atoms with Crippen LogP contribution in [0.5, 0.6) is 0 Å². The Balaban J connectivity index is 0.00000288. The Morgan fingerprint density at radius 2 is 2.00 bits per heavy atom. The Hall–Kier alpha value is -2.41. The molecule has 6 nitrogen and oxygen atoms in total. The molecule has 2 N–H and O–H groups in total. The molecule has 0 atom stereocenters. The van der Waals surface area contributed by atoms with E-state index in [9.17, 15) is 9.59 Å². The third-order valence-corrected chi connectivity index (χ3v) is 3.98. The molecular weight excluding hydrogens is 326 g/mol. The molecule has 24 heavy (non-hydrogen) atoms. The van der Waals surface area contributed by atoms with E-state index in [-0.39, 0.29) is 19.4 Å². The number of anilines is 2. The van der Waals surface area contributed by atoms with Crippen LogP contribution < -0.4 is 10.6 Å². The number of hydrogen-bond donors (Lipinski definition) is 2. The predicted molar refractivity (Wildman–Crippen MR) is 98.1 cm³/mol. The second-order valence-corrected chi connectivity index (χ2v) is 6.33. The zero-order valence-electron chi connectivity index (χ0n) is 13.5. The Bertz CT molecular complexity index is 726. The molecule has 0 saturated heterocycles. The molecule has 7 heteroatoms. The molecule has 1 aromatic heterocycles. The van der Waals surface area contributed by atoms with Crippen LogP contribution in [0.2, 0.25) is 0 Å². The first-order valence-electron chi connectivity index (χ1n) is 7.13. The fourth-order valence-electron chi connectivity index (χ4n) is 1.88. The molecule has 0 fully saturated rings. The normalized spacial score (nSPS) is 10.0. The van der Waals surface area contributed by atoms with Gasteiger partial charge in [-0.1, -0.05) is 24.8 Å². The zero-order valence-corrected chi connectivity index (χ0v) is 14.3. The average molecular weight is 349 g/mol. The van der Waals surface area contributed by atoms with Crippen LogP contribution >= 0.6 is 11.3 Å². The van der Waals surface area contributed by atoms with Gasteiger partial charge in [0.2, 0.25) is 0 Å². The molecule has 0 aliphatic rings. The zero-order chi connectivity index (χ0) is 17.0. The third kappa shape index (κ3) is 4.79. The summed E-state index contributed by atoms with van der Waals surface area (Å²) in [5, 5.41) is 6.66. The van der Waals surface area contributed by atoms with Gasteiger partial charge in [0.1, 0.15) is 4.88 Å². The van der Waals surface area contributed by atoms with Gasteiger partial charge < -0.3 is 15.4 Å². The molecule has 2 aromatic rings. The Labute approximate surface area is 146 Å². The molecule has 0 saturated carbocycles. The van der Waals surface area contributed by atoms with Crippen LogP contribution in [0.4, 0.5) is 10.8 Å². The van der Waals surface area contributed by atoms with Crippen molar-refractivity contribution in [3.8, 4) is 0 Å². The van der Waals surface area contributed by atoms with Crippen LogP contribution in [0.3, 0.4) is 0 Å². The number of amides is 1. The van der Waals surface area contributed by atoms with Crippen molar-refractivity contribution in [2.24, 2.45) is 0 Å². The number of hydrogen-bond acceptors (Lipinski definition) is 6. The summed E-state index contributed by atoms with van der Waals surface area (Å²) in [5.41, 5.74) is 1.82. The second kappa shape index (κ2) is 8.44. The van der Waals surface area contributed by atoms with E-state index in [4.69, 9.17) is 4.74 Å². The molecule has 2 rings (SSSR count). The maximum atomic E-state index is 12.3.